The molecule has 0 aromatic carbocycles. The summed E-state index contributed by atoms with van der Waals surface area (Å²) in [7, 11) is 0. The first-order valence-corrected chi connectivity index (χ1v) is 1.77. The zero-order valence-electron chi connectivity index (χ0n) is 3.46. The Morgan fingerprint density at radius 1 is 1.83 bits per heavy atom. The van der Waals surface area contributed by atoms with Crippen molar-refractivity contribution in [2.24, 2.45) is 10.9 Å². The largest absolute Gasteiger partial charge is 0.411 e. The van der Waals surface area contributed by atoms with Crippen molar-refractivity contribution in [1.29, 1.82) is 0 Å². The van der Waals surface area contributed by atoms with Crippen LogP contribution < -0.4 is 5.73 Å². The quantitative estimate of drug-likeness (QED) is 0.279. The van der Waals surface area contributed by atoms with E-state index in [1.165, 1.54) is 6.21 Å². The lowest BCUT2D eigenvalue weighted by Crippen LogP contribution is -1.97. The molecule has 0 rings (SSSR count). The normalized spacial score (nSPS) is 10.2. The van der Waals surface area contributed by atoms with Gasteiger partial charge >= 0.3 is 0 Å². The lowest BCUT2D eigenvalue weighted by molar-refractivity contribution is 0.320. The van der Waals surface area contributed by atoms with Crippen LogP contribution in [-0.2, 0) is 0 Å². The number of hydrogen-bond acceptors (Lipinski definition) is 3. The van der Waals surface area contributed by atoms with Crippen LogP contribution in [0.4, 0.5) is 0 Å². The molecule has 0 heterocycles. The van der Waals surface area contributed by atoms with Gasteiger partial charge in [-0.1, -0.05) is 0 Å². The monoisotopic (exact) mass is 88.1 g/mol. The van der Waals surface area contributed by atoms with E-state index >= 15 is 0 Å². The minimum absolute atomic E-state index is 0.546. The summed E-state index contributed by atoms with van der Waals surface area (Å²) in [5.74, 6) is 0. The van der Waals surface area contributed by atoms with Crippen LogP contribution in [-0.4, -0.2) is 18.0 Å². The Balaban J connectivity index is 2.66. The van der Waals surface area contributed by atoms with Gasteiger partial charge in [-0.05, 0) is 13.0 Å². The second-order valence-electron chi connectivity index (χ2n) is 0.875. The van der Waals surface area contributed by atoms with Gasteiger partial charge in [0, 0.05) is 6.21 Å². The van der Waals surface area contributed by atoms with Crippen molar-refractivity contribution in [1.82, 2.24) is 0 Å². The third-order valence-corrected chi connectivity index (χ3v) is 0.377. The van der Waals surface area contributed by atoms with E-state index in [9.17, 15) is 0 Å². The summed E-state index contributed by atoms with van der Waals surface area (Å²) in [6.07, 6.45) is 2.01. The Hall–Kier alpha value is -0.570. The molecular formula is C3H8N2O. The Labute approximate surface area is 36.5 Å². The van der Waals surface area contributed by atoms with E-state index in [4.69, 9.17) is 10.9 Å². The van der Waals surface area contributed by atoms with Crippen LogP contribution in [0.3, 0.4) is 0 Å². The average Bonchev–Trinajstić information content (AvgIpc) is 1.61. The lowest BCUT2D eigenvalue weighted by Gasteiger charge is -1.75. The van der Waals surface area contributed by atoms with Crippen LogP contribution in [0.5, 0.6) is 0 Å². The maximum Gasteiger partial charge on any atom is 0.0448 e. The second kappa shape index (κ2) is 4.43. The molecule has 6 heavy (non-hydrogen) atoms. The van der Waals surface area contributed by atoms with Gasteiger partial charge < -0.3 is 10.9 Å². The fraction of sp³-hybridized carbons (Fsp3) is 0.667. The number of nitrogens with two attached hydrogens (primary N) is 1. The summed E-state index contributed by atoms with van der Waals surface area (Å²) in [5, 5.41) is 10.4. The molecule has 0 aromatic rings. The molecule has 3 N–H and O–H groups in total. The molecule has 0 aliphatic carbocycles. The van der Waals surface area contributed by atoms with Crippen molar-refractivity contribution in [2.75, 3.05) is 6.54 Å². The van der Waals surface area contributed by atoms with Crippen molar-refractivity contribution in [3.63, 3.8) is 0 Å². The van der Waals surface area contributed by atoms with Gasteiger partial charge in [-0.2, -0.15) is 0 Å². The van der Waals surface area contributed by atoms with E-state index in [1.54, 1.807) is 0 Å². The highest BCUT2D eigenvalue weighted by molar-refractivity contribution is 5.56. The van der Waals surface area contributed by atoms with Gasteiger partial charge in [0.15, 0.2) is 0 Å². The van der Waals surface area contributed by atoms with E-state index in [2.05, 4.69) is 5.16 Å². The van der Waals surface area contributed by atoms with E-state index in [-0.39, 0.29) is 0 Å². The first-order valence-electron chi connectivity index (χ1n) is 1.77. The molecule has 0 aliphatic rings. The van der Waals surface area contributed by atoms with Crippen LogP contribution in [0.1, 0.15) is 6.42 Å². The van der Waals surface area contributed by atoms with Gasteiger partial charge in [0.2, 0.25) is 0 Å². The molecule has 0 fully saturated rings. The molecule has 0 aliphatic heterocycles. The minimum Gasteiger partial charge on any atom is -0.411 e. The summed E-state index contributed by atoms with van der Waals surface area (Å²) in [6, 6.07) is 0. The third kappa shape index (κ3) is 3.43. The highest BCUT2D eigenvalue weighted by atomic mass is 16.4. The van der Waals surface area contributed by atoms with Crippen LogP contribution in [0.25, 0.3) is 0 Å². The Morgan fingerprint density at radius 3 is 2.67 bits per heavy atom. The zero-order valence-corrected chi connectivity index (χ0v) is 3.46. The van der Waals surface area contributed by atoms with Gasteiger partial charge in [-0.15, -0.1) is 5.16 Å². The molecule has 3 heteroatoms. The predicted molar refractivity (Wildman–Crippen MR) is 23.9 cm³/mol. The summed E-state index contributed by atoms with van der Waals surface area (Å²) >= 11 is 0. The molecular weight excluding hydrogens is 80.0 g/mol. The molecule has 0 bridgehead atoms. The molecule has 0 aromatic heterocycles. The molecule has 3 nitrogen and oxygen atoms in total. The highest BCUT2D eigenvalue weighted by Gasteiger charge is 1.67. The molecule has 0 radical (unpaired) electrons. The summed E-state index contributed by atoms with van der Waals surface area (Å²) < 4.78 is 0. The van der Waals surface area contributed by atoms with Gasteiger partial charge in [0.1, 0.15) is 0 Å². The SMILES string of the molecule is NCC/C=N/O. The van der Waals surface area contributed by atoms with Crippen molar-refractivity contribution < 1.29 is 5.21 Å². The summed E-state index contributed by atoms with van der Waals surface area (Å²) in [4.78, 5) is 0. The van der Waals surface area contributed by atoms with Crippen molar-refractivity contribution >= 4 is 6.21 Å². The van der Waals surface area contributed by atoms with Crippen LogP contribution in [0.15, 0.2) is 5.16 Å². The third-order valence-electron chi connectivity index (χ3n) is 0.377. The summed E-state index contributed by atoms with van der Waals surface area (Å²) in [6.45, 7) is 0.546. The van der Waals surface area contributed by atoms with Gasteiger partial charge in [0.05, 0.1) is 0 Å². The predicted octanol–water partition coefficient (Wildman–Crippen LogP) is -0.205. The fourth-order valence-corrected chi connectivity index (χ4v) is 0.132. The van der Waals surface area contributed by atoms with E-state index in [1.807, 2.05) is 0 Å². The smallest absolute Gasteiger partial charge is 0.0448 e. The molecule has 0 saturated carbocycles. The average molecular weight is 88.1 g/mol. The second-order valence-corrected chi connectivity index (χ2v) is 0.875. The Bertz CT molecular complexity index is 44.1. The topological polar surface area (TPSA) is 58.6 Å². The van der Waals surface area contributed by atoms with E-state index in [0.717, 1.165) is 0 Å². The minimum atomic E-state index is 0.546. The van der Waals surface area contributed by atoms with Gasteiger partial charge in [0.25, 0.3) is 0 Å². The first kappa shape index (κ1) is 5.43. The van der Waals surface area contributed by atoms with E-state index in [0.29, 0.717) is 13.0 Å². The molecule has 0 saturated heterocycles. The standard InChI is InChI=1S/C3H8N2O/c4-2-1-3-5-6/h3,6H,1-2,4H2/b5-3+. The van der Waals surface area contributed by atoms with Crippen molar-refractivity contribution in [3.8, 4) is 0 Å². The van der Waals surface area contributed by atoms with Crippen LogP contribution in [0, 0.1) is 0 Å². The first-order chi connectivity index (χ1) is 2.91. The van der Waals surface area contributed by atoms with Gasteiger partial charge in [-0.25, -0.2) is 0 Å². The van der Waals surface area contributed by atoms with Crippen molar-refractivity contribution in [3.05, 3.63) is 0 Å². The molecule has 0 spiro atoms. The maximum absolute atomic E-state index is 7.71. The van der Waals surface area contributed by atoms with Crippen LogP contribution in [0.2, 0.25) is 0 Å². The van der Waals surface area contributed by atoms with Crippen LogP contribution >= 0.6 is 0 Å². The molecule has 36 valence electrons. The number of nitrogens with zero attached hydrogens (tertiary/aromatic N) is 1. The van der Waals surface area contributed by atoms with Gasteiger partial charge in [-0.3, -0.25) is 0 Å². The Morgan fingerprint density at radius 2 is 2.50 bits per heavy atom. The number of rotatable bonds is 2. The van der Waals surface area contributed by atoms with Crippen molar-refractivity contribution in [2.45, 2.75) is 6.42 Å². The lowest BCUT2D eigenvalue weighted by atomic mass is 10.5. The molecule has 0 amide bonds. The Kier molecular flexibility index (Phi) is 4.01. The number of hydrogen-bond donors (Lipinski definition) is 2. The molecule has 0 atom stereocenters. The highest BCUT2D eigenvalue weighted by Crippen LogP contribution is 1.61. The molecule has 0 unspecified atom stereocenters. The fourth-order valence-electron chi connectivity index (χ4n) is 0.132. The van der Waals surface area contributed by atoms with E-state index < -0.39 is 0 Å². The number of oxime groups is 1. The maximum atomic E-state index is 7.71. The summed E-state index contributed by atoms with van der Waals surface area (Å²) in [5.41, 5.74) is 5.01. The zero-order chi connectivity index (χ0) is 4.83.